The Labute approximate surface area is 88.9 Å². The largest absolute Gasteiger partial charge is 0.345 e. The number of likely N-dealkylation sites (N-methyl/N-ethyl adjacent to an activating group) is 1. The maximum atomic E-state index is 4.22. The molecule has 3 heteroatoms. The lowest BCUT2D eigenvalue weighted by Gasteiger charge is -2.13. The Morgan fingerprint density at radius 3 is 3.07 bits per heavy atom. The highest BCUT2D eigenvalue weighted by Crippen LogP contribution is 2.38. The molecule has 0 aliphatic heterocycles. The van der Waals surface area contributed by atoms with Crippen molar-refractivity contribution in [2.45, 2.75) is 24.8 Å². The van der Waals surface area contributed by atoms with E-state index in [0.717, 1.165) is 17.5 Å². The van der Waals surface area contributed by atoms with Crippen LogP contribution < -0.4 is 5.32 Å². The van der Waals surface area contributed by atoms with Crippen molar-refractivity contribution in [1.82, 2.24) is 15.3 Å². The molecule has 0 atom stereocenters. The van der Waals surface area contributed by atoms with E-state index in [1.54, 1.807) is 6.33 Å². The summed E-state index contributed by atoms with van der Waals surface area (Å²) >= 11 is 0. The molecule has 0 bridgehead atoms. The normalized spacial score (nSPS) is 18.2. The number of benzene rings is 1. The molecule has 2 aromatic rings. The smallest absolute Gasteiger partial charge is 0.0931 e. The van der Waals surface area contributed by atoms with Gasteiger partial charge in [-0.1, -0.05) is 6.07 Å². The van der Waals surface area contributed by atoms with E-state index in [4.69, 9.17) is 0 Å². The second-order valence-corrected chi connectivity index (χ2v) is 4.46. The summed E-state index contributed by atoms with van der Waals surface area (Å²) in [7, 11) is 2.06. The Bertz CT molecular complexity index is 482. The van der Waals surface area contributed by atoms with Gasteiger partial charge in [0.05, 0.1) is 17.4 Å². The van der Waals surface area contributed by atoms with E-state index in [9.17, 15) is 0 Å². The number of hydrogen-bond donors (Lipinski definition) is 2. The Kier molecular flexibility index (Phi) is 1.83. The average Bonchev–Trinajstić information content (AvgIpc) is 2.88. The molecule has 0 spiro atoms. The van der Waals surface area contributed by atoms with Crippen LogP contribution in [0.15, 0.2) is 24.5 Å². The van der Waals surface area contributed by atoms with Crippen molar-refractivity contribution in [3.63, 3.8) is 0 Å². The first-order valence-corrected chi connectivity index (χ1v) is 5.42. The molecule has 0 saturated heterocycles. The molecular formula is C12H15N3. The van der Waals surface area contributed by atoms with Crippen molar-refractivity contribution in [3.05, 3.63) is 30.1 Å². The van der Waals surface area contributed by atoms with Crippen LogP contribution in [0.2, 0.25) is 0 Å². The number of imidazole rings is 1. The highest BCUT2D eigenvalue weighted by Gasteiger charge is 2.40. The fourth-order valence-corrected chi connectivity index (χ4v) is 2.15. The Balaban J connectivity index is 1.91. The third-order valence-electron chi connectivity index (χ3n) is 3.41. The van der Waals surface area contributed by atoms with E-state index in [2.05, 4.69) is 40.5 Å². The fraction of sp³-hybridized carbons (Fsp3) is 0.417. The summed E-state index contributed by atoms with van der Waals surface area (Å²) in [6.45, 7) is 0. The van der Waals surface area contributed by atoms with Gasteiger partial charge in [0, 0.05) is 5.54 Å². The second kappa shape index (κ2) is 3.07. The van der Waals surface area contributed by atoms with Gasteiger partial charge in [-0.15, -0.1) is 0 Å². The number of aromatic amines is 1. The van der Waals surface area contributed by atoms with Gasteiger partial charge < -0.3 is 10.3 Å². The van der Waals surface area contributed by atoms with Crippen LogP contribution in [0.5, 0.6) is 0 Å². The first kappa shape index (κ1) is 8.92. The van der Waals surface area contributed by atoms with Crippen molar-refractivity contribution in [1.29, 1.82) is 0 Å². The lowest BCUT2D eigenvalue weighted by Crippen LogP contribution is -2.29. The van der Waals surface area contributed by atoms with Crippen molar-refractivity contribution in [3.8, 4) is 0 Å². The van der Waals surface area contributed by atoms with Gasteiger partial charge in [-0.05, 0) is 44.0 Å². The summed E-state index contributed by atoms with van der Waals surface area (Å²) in [5, 5.41) is 3.42. The van der Waals surface area contributed by atoms with E-state index in [1.807, 2.05) is 0 Å². The zero-order chi connectivity index (χ0) is 10.3. The van der Waals surface area contributed by atoms with Crippen LogP contribution in [0.1, 0.15) is 18.4 Å². The van der Waals surface area contributed by atoms with Gasteiger partial charge >= 0.3 is 0 Å². The molecule has 0 radical (unpaired) electrons. The third kappa shape index (κ3) is 1.53. The van der Waals surface area contributed by atoms with Gasteiger partial charge in [0.1, 0.15) is 0 Å². The molecule has 0 unspecified atom stereocenters. The van der Waals surface area contributed by atoms with Gasteiger partial charge in [-0.2, -0.15) is 0 Å². The molecule has 78 valence electrons. The third-order valence-corrected chi connectivity index (χ3v) is 3.41. The lowest BCUT2D eigenvalue weighted by atomic mass is 10.0. The average molecular weight is 201 g/mol. The summed E-state index contributed by atoms with van der Waals surface area (Å²) in [4.78, 5) is 7.37. The van der Waals surface area contributed by atoms with Crippen LogP contribution in [0.3, 0.4) is 0 Å². The lowest BCUT2D eigenvalue weighted by molar-refractivity contribution is 0.549. The maximum Gasteiger partial charge on any atom is 0.0931 e. The molecule has 1 aromatic carbocycles. The van der Waals surface area contributed by atoms with Crippen LogP contribution in [0.25, 0.3) is 11.0 Å². The van der Waals surface area contributed by atoms with Crippen molar-refractivity contribution < 1.29 is 0 Å². The van der Waals surface area contributed by atoms with E-state index < -0.39 is 0 Å². The number of rotatable bonds is 3. The van der Waals surface area contributed by atoms with Gasteiger partial charge in [0.25, 0.3) is 0 Å². The molecule has 2 N–H and O–H groups in total. The topological polar surface area (TPSA) is 40.7 Å². The SMILES string of the molecule is CNC1(Cc2ccc3nc[nH]c3c2)CC1. The molecular weight excluding hydrogens is 186 g/mol. The van der Waals surface area contributed by atoms with E-state index >= 15 is 0 Å². The Morgan fingerprint density at radius 2 is 2.33 bits per heavy atom. The van der Waals surface area contributed by atoms with Crippen LogP contribution in [0, 0.1) is 0 Å². The number of aromatic nitrogens is 2. The van der Waals surface area contributed by atoms with Crippen LogP contribution in [0.4, 0.5) is 0 Å². The van der Waals surface area contributed by atoms with Crippen LogP contribution in [-0.2, 0) is 6.42 Å². The van der Waals surface area contributed by atoms with Crippen molar-refractivity contribution in [2.75, 3.05) is 7.05 Å². The minimum Gasteiger partial charge on any atom is -0.345 e. The Morgan fingerprint density at radius 1 is 1.47 bits per heavy atom. The van der Waals surface area contributed by atoms with Gasteiger partial charge in [0.2, 0.25) is 0 Å². The van der Waals surface area contributed by atoms with Crippen molar-refractivity contribution in [2.24, 2.45) is 0 Å². The van der Waals surface area contributed by atoms with E-state index in [0.29, 0.717) is 5.54 Å². The van der Waals surface area contributed by atoms with Gasteiger partial charge in [-0.3, -0.25) is 0 Å². The van der Waals surface area contributed by atoms with Gasteiger partial charge in [-0.25, -0.2) is 4.98 Å². The number of hydrogen-bond acceptors (Lipinski definition) is 2. The molecule has 1 aromatic heterocycles. The number of nitrogens with one attached hydrogen (secondary N) is 2. The predicted octanol–water partition coefficient (Wildman–Crippen LogP) is 1.86. The number of fused-ring (bicyclic) bond motifs is 1. The molecule has 0 amide bonds. The quantitative estimate of drug-likeness (QED) is 0.795. The molecule has 1 heterocycles. The van der Waals surface area contributed by atoms with E-state index in [1.165, 1.54) is 18.4 Å². The number of H-pyrrole nitrogens is 1. The number of nitrogens with zero attached hydrogens (tertiary/aromatic N) is 1. The van der Waals surface area contributed by atoms with Crippen LogP contribution >= 0.6 is 0 Å². The molecule has 1 aliphatic rings. The van der Waals surface area contributed by atoms with Crippen LogP contribution in [-0.4, -0.2) is 22.6 Å². The minimum absolute atomic E-state index is 0.383. The molecule has 3 nitrogen and oxygen atoms in total. The fourth-order valence-electron chi connectivity index (χ4n) is 2.15. The standard InChI is InChI=1S/C12H15N3/c1-13-12(4-5-12)7-9-2-3-10-11(6-9)15-8-14-10/h2-3,6,8,13H,4-5,7H2,1H3,(H,14,15). The first-order chi connectivity index (χ1) is 7.31. The van der Waals surface area contributed by atoms with Gasteiger partial charge in [0.15, 0.2) is 0 Å². The Hall–Kier alpha value is -1.35. The second-order valence-electron chi connectivity index (χ2n) is 4.46. The molecule has 1 aliphatic carbocycles. The molecule has 1 saturated carbocycles. The monoisotopic (exact) mass is 201 g/mol. The highest BCUT2D eigenvalue weighted by molar-refractivity contribution is 5.75. The summed E-state index contributed by atoms with van der Waals surface area (Å²) in [5.74, 6) is 0. The summed E-state index contributed by atoms with van der Waals surface area (Å²) < 4.78 is 0. The molecule has 15 heavy (non-hydrogen) atoms. The summed E-state index contributed by atoms with van der Waals surface area (Å²) in [6.07, 6.45) is 5.47. The minimum atomic E-state index is 0.383. The first-order valence-electron chi connectivity index (χ1n) is 5.42. The molecule has 3 rings (SSSR count). The highest BCUT2D eigenvalue weighted by atomic mass is 15.0. The summed E-state index contributed by atoms with van der Waals surface area (Å²) in [6, 6.07) is 6.48. The maximum absolute atomic E-state index is 4.22. The zero-order valence-electron chi connectivity index (χ0n) is 8.88. The molecule has 1 fully saturated rings. The van der Waals surface area contributed by atoms with E-state index in [-0.39, 0.29) is 0 Å². The zero-order valence-corrected chi connectivity index (χ0v) is 8.88. The van der Waals surface area contributed by atoms with Crippen molar-refractivity contribution >= 4 is 11.0 Å². The predicted molar refractivity (Wildman–Crippen MR) is 60.8 cm³/mol. The summed E-state index contributed by atoms with van der Waals surface area (Å²) in [5.41, 5.74) is 3.96.